The molecule has 0 spiro atoms. The largest absolute Gasteiger partial charge is 0.493 e. The number of rotatable bonds is 4. The van der Waals surface area contributed by atoms with Crippen molar-refractivity contribution in [2.75, 3.05) is 14.2 Å². The lowest BCUT2D eigenvalue weighted by Gasteiger charge is -2.10. The average Bonchev–Trinajstić information content (AvgIpc) is 2.94. The summed E-state index contributed by atoms with van der Waals surface area (Å²) < 4.78 is 12.0. The Kier molecular flexibility index (Phi) is 3.54. The Morgan fingerprint density at radius 1 is 1.18 bits per heavy atom. The third-order valence-electron chi connectivity index (χ3n) is 3.40. The van der Waals surface area contributed by atoms with Crippen molar-refractivity contribution in [3.8, 4) is 11.5 Å². The first kappa shape index (κ1) is 14.1. The maximum Gasteiger partial charge on any atom is 0.261 e. The third kappa shape index (κ3) is 2.41. The van der Waals surface area contributed by atoms with Gasteiger partial charge in [-0.2, -0.15) is 0 Å². The highest BCUT2D eigenvalue weighted by Crippen LogP contribution is 2.29. The van der Waals surface area contributed by atoms with E-state index in [-0.39, 0.29) is 5.56 Å². The number of aryl methyl sites for hydroxylation is 1. The smallest absolute Gasteiger partial charge is 0.261 e. The Bertz CT molecular complexity index is 882. The summed E-state index contributed by atoms with van der Waals surface area (Å²) in [5, 5.41) is 0.475. The van der Waals surface area contributed by atoms with Crippen LogP contribution in [-0.2, 0) is 6.54 Å². The van der Waals surface area contributed by atoms with Gasteiger partial charge in [0, 0.05) is 18.0 Å². The van der Waals surface area contributed by atoms with Gasteiger partial charge in [-0.3, -0.25) is 9.36 Å². The zero-order valence-electron chi connectivity index (χ0n) is 12.6. The fourth-order valence-electron chi connectivity index (χ4n) is 2.31. The highest BCUT2D eigenvalue weighted by molar-refractivity contribution is 5.81. The lowest BCUT2D eigenvalue weighted by Crippen LogP contribution is -2.21. The molecule has 3 rings (SSSR count). The van der Waals surface area contributed by atoms with Gasteiger partial charge in [-0.25, -0.2) is 9.97 Å². The molecule has 22 heavy (non-hydrogen) atoms. The first-order chi connectivity index (χ1) is 10.6. The molecule has 2 aromatic heterocycles. The van der Waals surface area contributed by atoms with E-state index in [9.17, 15) is 4.79 Å². The number of aromatic nitrogens is 4. The van der Waals surface area contributed by atoms with E-state index >= 15 is 0 Å². The van der Waals surface area contributed by atoms with E-state index in [2.05, 4.69) is 15.0 Å². The highest BCUT2D eigenvalue weighted by atomic mass is 16.5. The zero-order chi connectivity index (χ0) is 15.7. The molecule has 0 amide bonds. The van der Waals surface area contributed by atoms with E-state index < -0.39 is 0 Å². The number of imidazole rings is 1. The lowest BCUT2D eigenvalue weighted by atomic mass is 10.2. The molecule has 0 radical (unpaired) electrons. The monoisotopic (exact) mass is 300 g/mol. The topological polar surface area (TPSA) is 82.0 Å². The van der Waals surface area contributed by atoms with Crippen molar-refractivity contribution in [3.63, 3.8) is 0 Å². The minimum atomic E-state index is -0.153. The Balaban J connectivity index is 2.10. The highest BCUT2D eigenvalue weighted by Gasteiger charge is 2.11. The predicted octanol–water partition coefficient (Wildman–Crippen LogP) is 1.49. The number of H-pyrrole nitrogens is 1. The summed E-state index contributed by atoms with van der Waals surface area (Å²) >= 11 is 0. The van der Waals surface area contributed by atoms with Crippen LogP contribution in [0.15, 0.2) is 29.5 Å². The minimum Gasteiger partial charge on any atom is -0.493 e. The van der Waals surface area contributed by atoms with Crippen LogP contribution in [-0.4, -0.2) is 33.7 Å². The van der Waals surface area contributed by atoms with Gasteiger partial charge in [-0.15, -0.1) is 0 Å². The molecule has 1 aromatic carbocycles. The summed E-state index contributed by atoms with van der Waals surface area (Å²) in [5.74, 6) is 1.75. The van der Waals surface area contributed by atoms with Crippen molar-refractivity contribution < 1.29 is 9.47 Å². The van der Waals surface area contributed by atoms with Crippen LogP contribution >= 0.6 is 0 Å². The fraction of sp³-hybridized carbons (Fsp3) is 0.267. The fourth-order valence-corrected chi connectivity index (χ4v) is 2.31. The van der Waals surface area contributed by atoms with E-state index in [0.717, 1.165) is 5.69 Å². The Morgan fingerprint density at radius 2 is 1.91 bits per heavy atom. The van der Waals surface area contributed by atoms with Gasteiger partial charge in [0.15, 0.2) is 11.5 Å². The molecular formula is C15H16N4O3. The first-order valence-corrected chi connectivity index (χ1v) is 6.74. The van der Waals surface area contributed by atoms with Crippen LogP contribution in [0, 0.1) is 6.92 Å². The van der Waals surface area contributed by atoms with Crippen molar-refractivity contribution in [2.24, 2.45) is 0 Å². The van der Waals surface area contributed by atoms with Crippen LogP contribution in [0.2, 0.25) is 0 Å². The summed E-state index contributed by atoms with van der Waals surface area (Å²) in [7, 11) is 3.08. The summed E-state index contributed by atoms with van der Waals surface area (Å²) in [6.07, 6.45) is 3.23. The molecule has 0 saturated heterocycles. The van der Waals surface area contributed by atoms with Gasteiger partial charge in [-0.05, 0) is 13.0 Å². The molecule has 0 saturated carbocycles. The Morgan fingerprint density at radius 3 is 2.55 bits per heavy atom. The molecule has 114 valence electrons. The van der Waals surface area contributed by atoms with Crippen LogP contribution in [0.5, 0.6) is 11.5 Å². The molecule has 0 unspecified atom stereocenters. The van der Waals surface area contributed by atoms with Gasteiger partial charge in [0.25, 0.3) is 5.56 Å². The summed E-state index contributed by atoms with van der Waals surface area (Å²) in [6.45, 7) is 2.25. The third-order valence-corrected chi connectivity index (χ3v) is 3.40. The summed E-state index contributed by atoms with van der Waals surface area (Å²) in [6, 6.07) is 3.34. The Labute approximate surface area is 126 Å². The van der Waals surface area contributed by atoms with Crippen LogP contribution in [0.3, 0.4) is 0 Å². The Hall–Kier alpha value is -2.83. The molecule has 2 heterocycles. The van der Waals surface area contributed by atoms with E-state index in [1.165, 1.54) is 18.0 Å². The predicted molar refractivity (Wildman–Crippen MR) is 81.5 cm³/mol. The number of hydrogen-bond donors (Lipinski definition) is 1. The van der Waals surface area contributed by atoms with E-state index in [1.54, 1.807) is 25.4 Å². The molecule has 7 heteroatoms. The maximum atomic E-state index is 12.6. The summed E-state index contributed by atoms with van der Waals surface area (Å²) in [5.41, 5.74) is 1.36. The average molecular weight is 300 g/mol. The summed E-state index contributed by atoms with van der Waals surface area (Å²) in [4.78, 5) is 24.2. The van der Waals surface area contributed by atoms with Crippen LogP contribution in [0.25, 0.3) is 10.9 Å². The molecule has 0 aliphatic rings. The van der Waals surface area contributed by atoms with Crippen LogP contribution < -0.4 is 15.0 Å². The first-order valence-electron chi connectivity index (χ1n) is 6.74. The second kappa shape index (κ2) is 5.51. The number of methoxy groups -OCH3 is 2. The van der Waals surface area contributed by atoms with Crippen molar-refractivity contribution in [1.82, 2.24) is 19.5 Å². The van der Waals surface area contributed by atoms with Gasteiger partial charge < -0.3 is 14.5 Å². The van der Waals surface area contributed by atoms with Crippen molar-refractivity contribution in [1.29, 1.82) is 0 Å². The molecule has 0 aliphatic carbocycles. The van der Waals surface area contributed by atoms with Crippen LogP contribution in [0.1, 0.15) is 11.5 Å². The standard InChI is InChI=1S/C15H16N4O3/c1-9-6-16-14(18-9)7-19-8-17-11-5-13(22-3)12(21-2)4-10(11)15(19)20/h4-6,8H,7H2,1-3H3,(H,16,18). The van der Waals surface area contributed by atoms with E-state index in [1.807, 2.05) is 6.92 Å². The molecule has 3 aromatic rings. The maximum absolute atomic E-state index is 12.6. The minimum absolute atomic E-state index is 0.153. The zero-order valence-corrected chi connectivity index (χ0v) is 12.6. The molecule has 0 atom stereocenters. The number of benzene rings is 1. The number of fused-ring (bicyclic) bond motifs is 1. The van der Waals surface area contributed by atoms with Crippen molar-refractivity contribution in [2.45, 2.75) is 13.5 Å². The molecule has 7 nitrogen and oxygen atoms in total. The number of nitrogens with one attached hydrogen (secondary N) is 1. The quantitative estimate of drug-likeness (QED) is 0.789. The van der Waals surface area contributed by atoms with Gasteiger partial charge in [0.2, 0.25) is 0 Å². The van der Waals surface area contributed by atoms with Gasteiger partial charge >= 0.3 is 0 Å². The normalized spacial score (nSPS) is 10.9. The molecule has 1 N–H and O–H groups in total. The second-order valence-corrected chi connectivity index (χ2v) is 4.91. The number of hydrogen-bond acceptors (Lipinski definition) is 5. The number of ether oxygens (including phenoxy) is 2. The number of aromatic amines is 1. The molecule has 0 aliphatic heterocycles. The van der Waals surface area contributed by atoms with Gasteiger partial charge in [0.1, 0.15) is 5.82 Å². The lowest BCUT2D eigenvalue weighted by molar-refractivity contribution is 0.355. The van der Waals surface area contributed by atoms with Crippen molar-refractivity contribution >= 4 is 10.9 Å². The second-order valence-electron chi connectivity index (χ2n) is 4.91. The molecule has 0 fully saturated rings. The molecule has 0 bridgehead atoms. The van der Waals surface area contributed by atoms with Gasteiger partial charge in [0.05, 0.1) is 38.0 Å². The van der Waals surface area contributed by atoms with Crippen LogP contribution in [0.4, 0.5) is 0 Å². The number of nitrogens with zero attached hydrogens (tertiary/aromatic N) is 3. The van der Waals surface area contributed by atoms with E-state index in [0.29, 0.717) is 34.8 Å². The SMILES string of the molecule is COc1cc2ncn(Cc3ncc(C)[nH]3)c(=O)c2cc1OC. The van der Waals surface area contributed by atoms with E-state index in [4.69, 9.17) is 9.47 Å². The molecular weight excluding hydrogens is 284 g/mol. The van der Waals surface area contributed by atoms with Gasteiger partial charge in [-0.1, -0.05) is 0 Å². The van der Waals surface area contributed by atoms with Crippen molar-refractivity contribution in [3.05, 3.63) is 46.5 Å².